The van der Waals surface area contributed by atoms with Gasteiger partial charge in [0.1, 0.15) is 6.33 Å². The van der Waals surface area contributed by atoms with Gasteiger partial charge in [0.2, 0.25) is 0 Å². The largest absolute Gasteiger partial charge is 0.478 e. The highest BCUT2D eigenvalue weighted by molar-refractivity contribution is 7.98. The van der Waals surface area contributed by atoms with Crippen LogP contribution >= 0.6 is 11.8 Å². The van der Waals surface area contributed by atoms with Crippen molar-refractivity contribution >= 4 is 17.7 Å². The van der Waals surface area contributed by atoms with Crippen LogP contribution in [0.15, 0.2) is 53.7 Å². The summed E-state index contributed by atoms with van der Waals surface area (Å²) in [4.78, 5) is 12.5. The van der Waals surface area contributed by atoms with Crippen molar-refractivity contribution in [2.24, 2.45) is 0 Å². The van der Waals surface area contributed by atoms with E-state index in [1.165, 1.54) is 11.0 Å². The maximum absolute atomic E-state index is 11.4. The summed E-state index contributed by atoms with van der Waals surface area (Å²) in [7, 11) is 0. The number of nitrogens with zero attached hydrogens (tertiary/aromatic N) is 4. The van der Waals surface area contributed by atoms with Crippen molar-refractivity contribution in [1.82, 2.24) is 20.2 Å². The fourth-order valence-electron chi connectivity index (χ4n) is 2.19. The first-order valence-electron chi connectivity index (χ1n) is 6.44. The molecule has 110 valence electrons. The number of thioether (sulfide) groups is 1. The lowest BCUT2D eigenvalue weighted by atomic mass is 10.0. The molecule has 6 nitrogen and oxygen atoms in total. The Labute approximate surface area is 130 Å². The van der Waals surface area contributed by atoms with Crippen molar-refractivity contribution in [2.75, 3.05) is 6.26 Å². The molecule has 1 N–H and O–H groups in total. The van der Waals surface area contributed by atoms with Crippen LogP contribution in [0.4, 0.5) is 0 Å². The van der Waals surface area contributed by atoms with Gasteiger partial charge in [0.15, 0.2) is 0 Å². The second-order valence-corrected chi connectivity index (χ2v) is 5.38. The third-order valence-corrected chi connectivity index (χ3v) is 3.99. The van der Waals surface area contributed by atoms with Gasteiger partial charge in [0.05, 0.1) is 11.3 Å². The molecule has 0 atom stereocenters. The SMILES string of the molecule is CSc1ccccc1-c1cc(C(=O)O)cc(-n2cnnn2)c1. The van der Waals surface area contributed by atoms with Crippen LogP contribution in [0, 0.1) is 0 Å². The maximum atomic E-state index is 11.4. The predicted octanol–water partition coefficient (Wildman–Crippen LogP) is 2.75. The van der Waals surface area contributed by atoms with Gasteiger partial charge in [-0.15, -0.1) is 16.9 Å². The Balaban J connectivity index is 2.21. The van der Waals surface area contributed by atoms with E-state index in [0.717, 1.165) is 16.0 Å². The Morgan fingerprint density at radius 3 is 2.73 bits per heavy atom. The number of hydrogen-bond donors (Lipinski definition) is 1. The topological polar surface area (TPSA) is 80.9 Å². The number of aromatic carboxylic acids is 1. The Hall–Kier alpha value is -2.67. The summed E-state index contributed by atoms with van der Waals surface area (Å²) in [6.45, 7) is 0. The molecule has 0 aliphatic heterocycles. The highest BCUT2D eigenvalue weighted by atomic mass is 32.2. The first-order valence-corrected chi connectivity index (χ1v) is 7.66. The number of carboxylic acid groups (broad SMARTS) is 1. The number of aromatic nitrogens is 4. The Morgan fingerprint density at radius 1 is 1.23 bits per heavy atom. The molecule has 1 heterocycles. The summed E-state index contributed by atoms with van der Waals surface area (Å²) in [6.07, 6.45) is 3.42. The molecule has 0 aliphatic carbocycles. The van der Waals surface area contributed by atoms with Gasteiger partial charge in [-0.2, -0.15) is 0 Å². The molecule has 0 bridgehead atoms. The molecule has 0 saturated heterocycles. The van der Waals surface area contributed by atoms with Gasteiger partial charge in [0.25, 0.3) is 0 Å². The molecular formula is C15H12N4O2S. The molecule has 0 radical (unpaired) electrons. The van der Waals surface area contributed by atoms with Gasteiger partial charge in [-0.1, -0.05) is 18.2 Å². The highest BCUT2D eigenvalue weighted by Crippen LogP contribution is 2.31. The number of tetrazole rings is 1. The molecule has 2 aromatic carbocycles. The fraction of sp³-hybridized carbons (Fsp3) is 0.0667. The number of benzene rings is 2. The Morgan fingerprint density at radius 2 is 2.05 bits per heavy atom. The smallest absolute Gasteiger partial charge is 0.335 e. The summed E-state index contributed by atoms with van der Waals surface area (Å²) >= 11 is 1.61. The Bertz CT molecular complexity index is 818. The Kier molecular flexibility index (Phi) is 3.88. The lowest BCUT2D eigenvalue weighted by molar-refractivity contribution is 0.0697. The number of hydrogen-bond acceptors (Lipinski definition) is 5. The highest BCUT2D eigenvalue weighted by Gasteiger charge is 2.12. The first-order chi connectivity index (χ1) is 10.7. The minimum atomic E-state index is -0.988. The molecule has 0 fully saturated rings. The van der Waals surface area contributed by atoms with Crippen LogP contribution in [0.1, 0.15) is 10.4 Å². The van der Waals surface area contributed by atoms with E-state index >= 15 is 0 Å². The predicted molar refractivity (Wildman–Crippen MR) is 83.3 cm³/mol. The molecule has 3 rings (SSSR count). The summed E-state index contributed by atoms with van der Waals surface area (Å²) in [5.74, 6) is -0.988. The number of carboxylic acids is 1. The van der Waals surface area contributed by atoms with Crippen molar-refractivity contribution in [3.8, 4) is 16.8 Å². The quantitative estimate of drug-likeness (QED) is 0.746. The molecule has 0 spiro atoms. The molecule has 7 heteroatoms. The molecule has 0 aliphatic rings. The van der Waals surface area contributed by atoms with Crippen molar-refractivity contribution < 1.29 is 9.90 Å². The second-order valence-electron chi connectivity index (χ2n) is 4.53. The average molecular weight is 312 g/mol. The first kappa shape index (κ1) is 14.3. The minimum absolute atomic E-state index is 0.193. The van der Waals surface area contributed by atoms with Crippen molar-refractivity contribution in [3.05, 3.63) is 54.4 Å². The third kappa shape index (κ3) is 2.71. The standard InChI is InChI=1S/C15H12N4O2S/c1-22-14-5-3-2-4-13(14)10-6-11(15(20)21)8-12(7-10)19-9-16-17-18-19/h2-9H,1H3,(H,20,21). The molecule has 0 unspecified atom stereocenters. The normalized spacial score (nSPS) is 10.6. The van der Waals surface area contributed by atoms with E-state index in [4.69, 9.17) is 0 Å². The van der Waals surface area contributed by atoms with Gasteiger partial charge in [0, 0.05) is 4.90 Å². The van der Waals surface area contributed by atoms with Crippen molar-refractivity contribution in [3.63, 3.8) is 0 Å². The van der Waals surface area contributed by atoms with Gasteiger partial charge in [-0.3, -0.25) is 0 Å². The van der Waals surface area contributed by atoms with E-state index < -0.39 is 5.97 Å². The zero-order valence-corrected chi connectivity index (χ0v) is 12.5. The summed E-state index contributed by atoms with van der Waals surface area (Å²) in [5.41, 5.74) is 2.59. The van der Waals surface area contributed by atoms with Crippen LogP contribution in [0.5, 0.6) is 0 Å². The van der Waals surface area contributed by atoms with E-state index in [-0.39, 0.29) is 5.56 Å². The van der Waals surface area contributed by atoms with Gasteiger partial charge in [-0.25, -0.2) is 9.48 Å². The maximum Gasteiger partial charge on any atom is 0.335 e. The molecule has 0 saturated carbocycles. The zero-order valence-electron chi connectivity index (χ0n) is 11.7. The summed E-state index contributed by atoms with van der Waals surface area (Å²) in [6, 6.07) is 12.9. The lowest BCUT2D eigenvalue weighted by Gasteiger charge is -2.10. The zero-order chi connectivity index (χ0) is 15.5. The molecule has 22 heavy (non-hydrogen) atoms. The monoisotopic (exact) mass is 312 g/mol. The van der Waals surface area contributed by atoms with Crippen LogP contribution in [0.3, 0.4) is 0 Å². The van der Waals surface area contributed by atoms with E-state index in [1.807, 2.05) is 36.6 Å². The average Bonchev–Trinajstić information content (AvgIpc) is 3.09. The molecule has 0 amide bonds. The van der Waals surface area contributed by atoms with Crippen LogP contribution in [0.2, 0.25) is 0 Å². The van der Waals surface area contributed by atoms with Crippen LogP contribution in [0.25, 0.3) is 16.8 Å². The fourth-order valence-corrected chi connectivity index (χ4v) is 2.81. The van der Waals surface area contributed by atoms with E-state index in [9.17, 15) is 9.90 Å². The van der Waals surface area contributed by atoms with E-state index in [0.29, 0.717) is 5.69 Å². The molecule has 3 aromatic rings. The van der Waals surface area contributed by atoms with Gasteiger partial charge >= 0.3 is 5.97 Å². The van der Waals surface area contributed by atoms with Crippen LogP contribution < -0.4 is 0 Å². The van der Waals surface area contributed by atoms with E-state index in [1.54, 1.807) is 23.9 Å². The summed E-state index contributed by atoms with van der Waals surface area (Å²) < 4.78 is 1.44. The van der Waals surface area contributed by atoms with E-state index in [2.05, 4.69) is 15.5 Å². The van der Waals surface area contributed by atoms with Crippen molar-refractivity contribution in [2.45, 2.75) is 4.90 Å². The molecule has 1 aromatic heterocycles. The van der Waals surface area contributed by atoms with Gasteiger partial charge in [-0.05, 0) is 52.1 Å². The molecular weight excluding hydrogens is 300 g/mol. The minimum Gasteiger partial charge on any atom is -0.478 e. The summed E-state index contributed by atoms with van der Waals surface area (Å²) in [5, 5.41) is 20.3. The van der Waals surface area contributed by atoms with Crippen LogP contribution in [-0.4, -0.2) is 37.5 Å². The number of rotatable bonds is 4. The number of carbonyl (C=O) groups is 1. The van der Waals surface area contributed by atoms with Gasteiger partial charge < -0.3 is 5.11 Å². The second kappa shape index (κ2) is 5.98. The van der Waals surface area contributed by atoms with Crippen LogP contribution in [-0.2, 0) is 0 Å². The van der Waals surface area contributed by atoms with Crippen molar-refractivity contribution in [1.29, 1.82) is 0 Å². The third-order valence-electron chi connectivity index (χ3n) is 3.20. The lowest BCUT2D eigenvalue weighted by Crippen LogP contribution is -2.02.